The van der Waals surface area contributed by atoms with E-state index in [-0.39, 0.29) is 0 Å². The fourth-order valence-electron chi connectivity index (χ4n) is 3.09. The van der Waals surface area contributed by atoms with Crippen molar-refractivity contribution in [2.45, 2.75) is 52.5 Å². The second-order valence-electron chi connectivity index (χ2n) is 5.53. The maximum Gasteiger partial charge on any atom is 0.106 e. The molecule has 1 aliphatic carbocycles. The highest BCUT2D eigenvalue weighted by atomic mass is 79.9. The Labute approximate surface area is 128 Å². The molecule has 0 atom stereocenters. The number of hydrogen-bond donors (Lipinski definition) is 0. The Bertz CT molecular complexity index is 639. The van der Waals surface area contributed by atoms with Crippen LogP contribution in [0.15, 0.2) is 4.47 Å². The zero-order valence-corrected chi connectivity index (χ0v) is 14.0. The molecule has 2 aromatic rings. The topological polar surface area (TPSA) is 35.6 Å². The summed E-state index contributed by atoms with van der Waals surface area (Å²) in [6.45, 7) is 5.11. The summed E-state index contributed by atoms with van der Waals surface area (Å²) in [5.74, 6) is 1.13. The van der Waals surface area contributed by atoms with Crippen molar-refractivity contribution in [3.63, 3.8) is 0 Å². The quantitative estimate of drug-likeness (QED) is 0.862. The molecule has 0 saturated heterocycles. The molecule has 0 N–H and O–H groups in total. The SMILES string of the molecule is CCc1nn(C)c(Cn2c(C)nc3c2CCCC3)c1Br. The highest BCUT2D eigenvalue weighted by Gasteiger charge is 2.20. The zero-order chi connectivity index (χ0) is 14.3. The molecule has 0 bridgehead atoms. The van der Waals surface area contributed by atoms with E-state index in [1.165, 1.54) is 29.9 Å². The van der Waals surface area contributed by atoms with E-state index in [1.807, 2.05) is 11.7 Å². The van der Waals surface area contributed by atoms with Crippen LogP contribution in [0.25, 0.3) is 0 Å². The Morgan fingerprint density at radius 1 is 1.25 bits per heavy atom. The van der Waals surface area contributed by atoms with E-state index in [1.54, 1.807) is 0 Å². The van der Waals surface area contributed by atoms with Crippen molar-refractivity contribution < 1.29 is 0 Å². The largest absolute Gasteiger partial charge is 0.326 e. The number of halogens is 1. The maximum atomic E-state index is 4.75. The third kappa shape index (κ3) is 2.22. The molecule has 1 aliphatic rings. The first-order valence-corrected chi connectivity index (χ1v) is 8.16. The summed E-state index contributed by atoms with van der Waals surface area (Å²) in [6.07, 6.45) is 5.81. The van der Waals surface area contributed by atoms with Gasteiger partial charge in [-0.1, -0.05) is 6.92 Å². The molecular weight excluding hydrogens is 316 g/mol. The first-order valence-electron chi connectivity index (χ1n) is 7.37. The third-order valence-electron chi connectivity index (χ3n) is 4.23. The predicted octanol–water partition coefficient (Wildman–Crippen LogP) is 3.18. The van der Waals surface area contributed by atoms with Crippen LogP contribution in [0.4, 0.5) is 0 Å². The van der Waals surface area contributed by atoms with Gasteiger partial charge in [0.25, 0.3) is 0 Å². The number of aryl methyl sites for hydroxylation is 4. The summed E-state index contributed by atoms with van der Waals surface area (Å²) >= 11 is 3.71. The molecule has 0 amide bonds. The molecule has 108 valence electrons. The molecule has 0 unspecified atom stereocenters. The van der Waals surface area contributed by atoms with Gasteiger partial charge in [0.2, 0.25) is 0 Å². The number of imidazole rings is 1. The van der Waals surface area contributed by atoms with Crippen molar-refractivity contribution in [2.75, 3.05) is 0 Å². The average Bonchev–Trinajstić information content (AvgIpc) is 2.90. The van der Waals surface area contributed by atoms with Crippen LogP contribution in [0.2, 0.25) is 0 Å². The van der Waals surface area contributed by atoms with E-state index in [0.29, 0.717) is 0 Å². The zero-order valence-electron chi connectivity index (χ0n) is 12.4. The fraction of sp³-hybridized carbons (Fsp3) is 0.600. The molecule has 0 aliphatic heterocycles. The summed E-state index contributed by atoms with van der Waals surface area (Å²) in [6, 6.07) is 0. The lowest BCUT2D eigenvalue weighted by molar-refractivity contribution is 0.599. The molecule has 0 aromatic carbocycles. The maximum absolute atomic E-state index is 4.75. The Balaban J connectivity index is 2.00. The Morgan fingerprint density at radius 3 is 2.70 bits per heavy atom. The number of hydrogen-bond acceptors (Lipinski definition) is 2. The van der Waals surface area contributed by atoms with Gasteiger partial charge in [0.05, 0.1) is 28.1 Å². The number of nitrogens with zero attached hydrogens (tertiary/aromatic N) is 4. The summed E-state index contributed by atoms with van der Waals surface area (Å²) in [7, 11) is 2.03. The summed E-state index contributed by atoms with van der Waals surface area (Å²) in [5, 5.41) is 4.59. The minimum atomic E-state index is 0.859. The molecule has 0 spiro atoms. The van der Waals surface area contributed by atoms with Crippen molar-refractivity contribution in [1.82, 2.24) is 19.3 Å². The lowest BCUT2D eigenvalue weighted by Crippen LogP contribution is -2.12. The first-order chi connectivity index (χ1) is 9.61. The molecule has 3 rings (SSSR count). The smallest absolute Gasteiger partial charge is 0.106 e. The normalized spacial score (nSPS) is 14.6. The van der Waals surface area contributed by atoms with Gasteiger partial charge in [-0.15, -0.1) is 0 Å². The number of fused-ring (bicyclic) bond motifs is 1. The lowest BCUT2D eigenvalue weighted by Gasteiger charge is -2.15. The van der Waals surface area contributed by atoms with Gasteiger partial charge in [-0.2, -0.15) is 5.10 Å². The fourth-order valence-corrected chi connectivity index (χ4v) is 3.83. The molecule has 5 heteroatoms. The standard InChI is InChI=1S/C15H21BrN4/c1-4-11-15(16)14(19(3)18-11)9-20-10(2)17-12-7-5-6-8-13(12)20/h4-9H2,1-3H3. The van der Waals surface area contributed by atoms with Gasteiger partial charge in [-0.3, -0.25) is 4.68 Å². The third-order valence-corrected chi connectivity index (χ3v) is 5.15. The first kappa shape index (κ1) is 13.9. The highest BCUT2D eigenvalue weighted by Crippen LogP contribution is 2.26. The summed E-state index contributed by atoms with van der Waals surface area (Å²) < 4.78 is 5.52. The Hall–Kier alpha value is -1.10. The van der Waals surface area contributed by atoms with E-state index in [0.717, 1.165) is 41.8 Å². The van der Waals surface area contributed by atoms with Gasteiger partial charge < -0.3 is 4.57 Å². The van der Waals surface area contributed by atoms with Crippen molar-refractivity contribution in [1.29, 1.82) is 0 Å². The molecule has 2 aromatic heterocycles. The average molecular weight is 337 g/mol. The van der Waals surface area contributed by atoms with Crippen LogP contribution in [-0.2, 0) is 32.9 Å². The van der Waals surface area contributed by atoms with Crippen LogP contribution in [0, 0.1) is 6.92 Å². The number of rotatable bonds is 3. The Morgan fingerprint density at radius 2 is 2.00 bits per heavy atom. The van der Waals surface area contributed by atoms with Gasteiger partial charge in [-0.25, -0.2) is 4.98 Å². The van der Waals surface area contributed by atoms with Crippen LogP contribution in [0.1, 0.15) is 48.4 Å². The monoisotopic (exact) mass is 336 g/mol. The van der Waals surface area contributed by atoms with Crippen LogP contribution in [0.5, 0.6) is 0 Å². The van der Waals surface area contributed by atoms with Crippen LogP contribution >= 0.6 is 15.9 Å². The minimum Gasteiger partial charge on any atom is -0.326 e. The minimum absolute atomic E-state index is 0.859. The van der Waals surface area contributed by atoms with Crippen molar-refractivity contribution in [3.8, 4) is 0 Å². The summed E-state index contributed by atoms with van der Waals surface area (Å²) in [4.78, 5) is 4.75. The van der Waals surface area contributed by atoms with Gasteiger partial charge in [0.15, 0.2) is 0 Å². The number of aromatic nitrogens is 4. The van der Waals surface area contributed by atoms with Crippen molar-refractivity contribution >= 4 is 15.9 Å². The van der Waals surface area contributed by atoms with Gasteiger partial charge in [0, 0.05) is 12.7 Å². The predicted molar refractivity (Wildman–Crippen MR) is 83.0 cm³/mol. The van der Waals surface area contributed by atoms with E-state index in [9.17, 15) is 0 Å². The second kappa shape index (κ2) is 5.35. The van der Waals surface area contributed by atoms with E-state index in [4.69, 9.17) is 4.98 Å². The summed E-state index contributed by atoms with van der Waals surface area (Å²) in [5.41, 5.74) is 5.10. The van der Waals surface area contributed by atoms with Gasteiger partial charge >= 0.3 is 0 Å². The molecule has 20 heavy (non-hydrogen) atoms. The van der Waals surface area contributed by atoms with Crippen molar-refractivity contribution in [3.05, 3.63) is 33.1 Å². The van der Waals surface area contributed by atoms with Gasteiger partial charge in [-0.05, 0) is 55.0 Å². The molecular formula is C15H21BrN4. The van der Waals surface area contributed by atoms with Crippen LogP contribution in [-0.4, -0.2) is 19.3 Å². The van der Waals surface area contributed by atoms with Crippen LogP contribution in [0.3, 0.4) is 0 Å². The highest BCUT2D eigenvalue weighted by molar-refractivity contribution is 9.10. The van der Waals surface area contributed by atoms with Gasteiger partial charge in [0.1, 0.15) is 5.82 Å². The lowest BCUT2D eigenvalue weighted by atomic mass is 10.0. The van der Waals surface area contributed by atoms with E-state index < -0.39 is 0 Å². The Kier molecular flexibility index (Phi) is 3.71. The van der Waals surface area contributed by atoms with E-state index >= 15 is 0 Å². The molecule has 0 saturated carbocycles. The molecule has 0 fully saturated rings. The molecule has 2 heterocycles. The molecule has 4 nitrogen and oxygen atoms in total. The van der Waals surface area contributed by atoms with Crippen LogP contribution < -0.4 is 0 Å². The second-order valence-corrected chi connectivity index (χ2v) is 6.32. The molecule has 0 radical (unpaired) electrons. The van der Waals surface area contributed by atoms with E-state index in [2.05, 4.69) is 39.4 Å². The van der Waals surface area contributed by atoms with Crippen molar-refractivity contribution in [2.24, 2.45) is 7.05 Å².